The van der Waals surface area contributed by atoms with Gasteiger partial charge < -0.3 is 15.5 Å². The van der Waals surface area contributed by atoms with Crippen LogP contribution < -0.4 is 10.6 Å². The van der Waals surface area contributed by atoms with E-state index in [1.807, 2.05) is 30.1 Å². The molecule has 1 fully saturated rings. The maximum atomic E-state index is 12.4. The Labute approximate surface area is 127 Å². The van der Waals surface area contributed by atoms with Crippen LogP contribution in [0.2, 0.25) is 0 Å². The lowest BCUT2D eigenvalue weighted by Gasteiger charge is -2.23. The first kappa shape index (κ1) is 15.8. The number of amides is 2. The topological polar surface area (TPSA) is 44.4 Å². The molecule has 0 saturated heterocycles. The first-order chi connectivity index (χ1) is 10.2. The number of rotatable bonds is 7. The van der Waals surface area contributed by atoms with Crippen molar-refractivity contribution < 1.29 is 4.79 Å². The second-order valence-electron chi connectivity index (χ2n) is 5.84. The van der Waals surface area contributed by atoms with E-state index in [0.717, 1.165) is 37.9 Å². The summed E-state index contributed by atoms with van der Waals surface area (Å²) in [6, 6.07) is 8.84. The summed E-state index contributed by atoms with van der Waals surface area (Å²) in [6.45, 7) is 5.13. The summed E-state index contributed by atoms with van der Waals surface area (Å²) < 4.78 is 0. The highest BCUT2D eigenvalue weighted by Gasteiger charge is 2.32. The van der Waals surface area contributed by atoms with E-state index in [-0.39, 0.29) is 12.1 Å². The molecular formula is C17H27N3O. The molecule has 4 nitrogen and oxygen atoms in total. The second-order valence-corrected chi connectivity index (χ2v) is 5.84. The molecule has 1 unspecified atom stereocenters. The van der Waals surface area contributed by atoms with Crippen LogP contribution in [0.1, 0.15) is 51.1 Å². The minimum absolute atomic E-state index is 0.0419. The molecule has 1 saturated carbocycles. The third-order valence-corrected chi connectivity index (χ3v) is 4.07. The molecule has 1 aromatic rings. The maximum Gasteiger partial charge on any atom is 0.322 e. The summed E-state index contributed by atoms with van der Waals surface area (Å²) in [5, 5.41) is 6.27. The molecule has 1 aromatic carbocycles. The molecular weight excluding hydrogens is 262 g/mol. The van der Waals surface area contributed by atoms with Crippen molar-refractivity contribution in [2.75, 3.05) is 18.9 Å². The van der Waals surface area contributed by atoms with Crippen molar-refractivity contribution in [2.24, 2.45) is 0 Å². The van der Waals surface area contributed by atoms with Crippen LogP contribution >= 0.6 is 0 Å². The predicted molar refractivity (Wildman–Crippen MR) is 87.6 cm³/mol. The van der Waals surface area contributed by atoms with Crippen LogP contribution in [0.3, 0.4) is 0 Å². The Morgan fingerprint density at radius 3 is 2.81 bits per heavy atom. The van der Waals surface area contributed by atoms with E-state index >= 15 is 0 Å². The summed E-state index contributed by atoms with van der Waals surface area (Å²) in [5.74, 6) is 0. The van der Waals surface area contributed by atoms with Gasteiger partial charge in [-0.15, -0.1) is 0 Å². The van der Waals surface area contributed by atoms with E-state index < -0.39 is 0 Å². The molecule has 21 heavy (non-hydrogen) atoms. The first-order valence-electron chi connectivity index (χ1n) is 8.00. The monoisotopic (exact) mass is 289 g/mol. The summed E-state index contributed by atoms with van der Waals surface area (Å²) >= 11 is 0. The zero-order chi connectivity index (χ0) is 15.2. The van der Waals surface area contributed by atoms with Crippen LogP contribution in [-0.4, -0.2) is 30.6 Å². The van der Waals surface area contributed by atoms with Gasteiger partial charge in [-0.25, -0.2) is 4.79 Å². The van der Waals surface area contributed by atoms with Gasteiger partial charge >= 0.3 is 6.03 Å². The van der Waals surface area contributed by atoms with E-state index in [1.54, 1.807) is 0 Å². The summed E-state index contributed by atoms with van der Waals surface area (Å²) in [5.41, 5.74) is 2.06. The highest BCUT2D eigenvalue weighted by Crippen LogP contribution is 2.28. The number of benzene rings is 1. The number of unbranched alkanes of at least 4 members (excludes halogenated alkanes) is 1. The van der Waals surface area contributed by atoms with Crippen molar-refractivity contribution >= 4 is 11.7 Å². The Bertz CT molecular complexity index is 471. The molecule has 0 aromatic heterocycles. The van der Waals surface area contributed by atoms with Crippen molar-refractivity contribution in [3.8, 4) is 0 Å². The predicted octanol–water partition coefficient (Wildman–Crippen LogP) is 3.76. The molecule has 2 rings (SSSR count). The highest BCUT2D eigenvalue weighted by molar-refractivity contribution is 5.89. The number of urea groups is 1. The van der Waals surface area contributed by atoms with Crippen LogP contribution in [0, 0.1) is 0 Å². The summed E-state index contributed by atoms with van der Waals surface area (Å²) in [6.07, 6.45) is 4.48. The average Bonchev–Trinajstić information content (AvgIpc) is 3.32. The van der Waals surface area contributed by atoms with Crippen LogP contribution in [0.4, 0.5) is 10.5 Å². The minimum atomic E-state index is 0.0419. The van der Waals surface area contributed by atoms with Crippen molar-refractivity contribution in [1.29, 1.82) is 0 Å². The fraction of sp³-hybridized carbons (Fsp3) is 0.588. The van der Waals surface area contributed by atoms with Gasteiger partial charge in [-0.1, -0.05) is 25.5 Å². The number of carbonyl (C=O) groups excluding carboxylic acids is 1. The molecule has 0 aliphatic heterocycles. The maximum absolute atomic E-state index is 12.4. The summed E-state index contributed by atoms with van der Waals surface area (Å²) in [4.78, 5) is 14.4. The number of carbonyl (C=O) groups is 1. The van der Waals surface area contributed by atoms with Gasteiger partial charge in [0.2, 0.25) is 0 Å². The smallest absolute Gasteiger partial charge is 0.322 e. The molecule has 116 valence electrons. The molecule has 0 heterocycles. The molecule has 0 radical (unpaired) electrons. The van der Waals surface area contributed by atoms with Gasteiger partial charge in [-0.05, 0) is 50.9 Å². The number of nitrogens with zero attached hydrogens (tertiary/aromatic N) is 1. The van der Waals surface area contributed by atoms with Gasteiger partial charge in [0.15, 0.2) is 0 Å². The molecule has 2 amide bonds. The molecule has 0 spiro atoms. The van der Waals surface area contributed by atoms with Crippen LogP contribution in [0.25, 0.3) is 0 Å². The van der Waals surface area contributed by atoms with Gasteiger partial charge in [0, 0.05) is 24.3 Å². The molecule has 0 bridgehead atoms. The average molecular weight is 289 g/mol. The standard InChI is InChI=1S/C17H27N3O/c1-4-5-11-20(16-9-10-16)17(21)19-15-8-6-7-14(12-15)13(2)18-3/h6-8,12-13,16,18H,4-5,9-11H2,1-3H3,(H,19,21). The van der Waals surface area contributed by atoms with Crippen LogP contribution in [0.5, 0.6) is 0 Å². The normalized spacial score (nSPS) is 15.6. The molecule has 1 aliphatic carbocycles. The van der Waals surface area contributed by atoms with Gasteiger partial charge in [0.25, 0.3) is 0 Å². The van der Waals surface area contributed by atoms with E-state index in [0.29, 0.717) is 6.04 Å². The van der Waals surface area contributed by atoms with Crippen molar-refractivity contribution in [3.05, 3.63) is 29.8 Å². The first-order valence-corrected chi connectivity index (χ1v) is 8.00. The van der Waals surface area contributed by atoms with Gasteiger partial charge in [-0.2, -0.15) is 0 Å². The Kier molecular flexibility index (Phi) is 5.62. The SMILES string of the molecule is CCCCN(C(=O)Nc1cccc(C(C)NC)c1)C1CC1. The van der Waals surface area contributed by atoms with E-state index in [9.17, 15) is 4.79 Å². The lowest BCUT2D eigenvalue weighted by molar-refractivity contribution is 0.208. The molecule has 1 aliphatic rings. The second kappa shape index (κ2) is 7.46. The Morgan fingerprint density at radius 1 is 1.43 bits per heavy atom. The van der Waals surface area contributed by atoms with Gasteiger partial charge in [-0.3, -0.25) is 0 Å². The molecule has 1 atom stereocenters. The number of anilines is 1. The number of hydrogen-bond donors (Lipinski definition) is 2. The van der Waals surface area contributed by atoms with Crippen molar-refractivity contribution in [1.82, 2.24) is 10.2 Å². The van der Waals surface area contributed by atoms with E-state index in [1.165, 1.54) is 5.56 Å². The van der Waals surface area contributed by atoms with Crippen LogP contribution in [0.15, 0.2) is 24.3 Å². The number of hydrogen-bond acceptors (Lipinski definition) is 2. The Balaban J connectivity index is 2.00. The fourth-order valence-electron chi connectivity index (χ4n) is 2.41. The van der Waals surface area contributed by atoms with Gasteiger partial charge in [0.05, 0.1) is 0 Å². The Hall–Kier alpha value is -1.55. The van der Waals surface area contributed by atoms with E-state index in [2.05, 4.69) is 30.5 Å². The quantitative estimate of drug-likeness (QED) is 0.802. The van der Waals surface area contributed by atoms with Crippen molar-refractivity contribution in [3.63, 3.8) is 0 Å². The Morgan fingerprint density at radius 2 is 2.19 bits per heavy atom. The number of nitrogens with one attached hydrogen (secondary N) is 2. The minimum Gasteiger partial charge on any atom is -0.322 e. The third kappa shape index (κ3) is 4.46. The zero-order valence-corrected chi connectivity index (χ0v) is 13.4. The molecule has 2 N–H and O–H groups in total. The lowest BCUT2D eigenvalue weighted by Crippen LogP contribution is -2.37. The fourth-order valence-corrected chi connectivity index (χ4v) is 2.41. The van der Waals surface area contributed by atoms with Crippen molar-refractivity contribution in [2.45, 2.75) is 51.6 Å². The van der Waals surface area contributed by atoms with E-state index in [4.69, 9.17) is 0 Å². The lowest BCUT2D eigenvalue weighted by atomic mass is 10.1. The van der Waals surface area contributed by atoms with Gasteiger partial charge in [0.1, 0.15) is 0 Å². The molecule has 4 heteroatoms. The highest BCUT2D eigenvalue weighted by atomic mass is 16.2. The van der Waals surface area contributed by atoms with Crippen LogP contribution in [-0.2, 0) is 0 Å². The third-order valence-electron chi connectivity index (χ3n) is 4.07. The largest absolute Gasteiger partial charge is 0.322 e. The summed E-state index contributed by atoms with van der Waals surface area (Å²) in [7, 11) is 1.94. The zero-order valence-electron chi connectivity index (χ0n) is 13.4.